The Bertz CT molecular complexity index is 193. The second-order valence-corrected chi connectivity index (χ2v) is 2.83. The van der Waals surface area contributed by atoms with E-state index in [1.165, 1.54) is 0 Å². The van der Waals surface area contributed by atoms with Crippen molar-refractivity contribution in [2.24, 2.45) is 5.92 Å². The molecule has 0 saturated heterocycles. The Kier molecular flexibility index (Phi) is 7.42. The highest BCUT2D eigenvalue weighted by atomic mass is 35.5. The maximum Gasteiger partial charge on any atom is 0.318 e. The van der Waals surface area contributed by atoms with Gasteiger partial charge in [0.25, 0.3) is 0 Å². The van der Waals surface area contributed by atoms with E-state index >= 15 is 0 Å². The van der Waals surface area contributed by atoms with E-state index in [9.17, 15) is 9.59 Å². The van der Waals surface area contributed by atoms with Gasteiger partial charge in [-0.25, -0.2) is 0 Å². The summed E-state index contributed by atoms with van der Waals surface area (Å²) in [6.45, 7) is 4.21. The summed E-state index contributed by atoms with van der Waals surface area (Å²) in [4.78, 5) is 22.5. The zero-order chi connectivity index (χ0) is 11.0. The van der Waals surface area contributed by atoms with E-state index in [-0.39, 0.29) is 24.9 Å². The normalized spacial score (nSPS) is 12.2. The van der Waals surface area contributed by atoms with Crippen LogP contribution in [0.3, 0.4) is 0 Å². The molecule has 0 bridgehead atoms. The van der Waals surface area contributed by atoms with Crippen LogP contribution in [-0.2, 0) is 19.1 Å². The van der Waals surface area contributed by atoms with Crippen LogP contribution in [0, 0.1) is 5.92 Å². The Morgan fingerprint density at radius 3 is 2.36 bits per heavy atom. The van der Waals surface area contributed by atoms with E-state index in [0.29, 0.717) is 6.61 Å². The molecule has 0 radical (unpaired) electrons. The molecule has 0 aromatic heterocycles. The molecule has 1 unspecified atom stereocenters. The third kappa shape index (κ3) is 4.58. The van der Waals surface area contributed by atoms with Crippen LogP contribution in [0.5, 0.6) is 0 Å². The number of ketones is 1. The summed E-state index contributed by atoms with van der Waals surface area (Å²) in [6, 6.07) is 0. The molecule has 0 N–H and O–H groups in total. The van der Waals surface area contributed by atoms with Gasteiger partial charge >= 0.3 is 5.97 Å². The second-order valence-electron chi connectivity index (χ2n) is 2.56. The van der Waals surface area contributed by atoms with Crippen LogP contribution in [0.4, 0.5) is 0 Å². The summed E-state index contributed by atoms with van der Waals surface area (Å²) in [5.41, 5.74) is 0. The minimum absolute atomic E-state index is 0.0425. The summed E-state index contributed by atoms with van der Waals surface area (Å²) < 4.78 is 9.73. The number of halogens is 1. The number of hydrogen-bond donors (Lipinski definition) is 0. The van der Waals surface area contributed by atoms with Crippen LogP contribution in [-0.4, -0.2) is 37.5 Å². The van der Waals surface area contributed by atoms with E-state index < -0.39 is 11.9 Å². The van der Waals surface area contributed by atoms with Crippen molar-refractivity contribution in [1.29, 1.82) is 0 Å². The minimum Gasteiger partial charge on any atom is -0.465 e. The number of Topliss-reactive ketones (excluding diaryl/α,β-unsaturated/α-hetero) is 1. The van der Waals surface area contributed by atoms with Crippen molar-refractivity contribution in [3.63, 3.8) is 0 Å². The van der Waals surface area contributed by atoms with Gasteiger partial charge in [-0.15, -0.1) is 11.6 Å². The zero-order valence-corrected chi connectivity index (χ0v) is 9.17. The van der Waals surface area contributed by atoms with Crippen molar-refractivity contribution in [3.8, 4) is 0 Å². The third-order valence-corrected chi connectivity index (χ3v) is 1.84. The lowest BCUT2D eigenvalue weighted by atomic mass is 10.1. The summed E-state index contributed by atoms with van der Waals surface area (Å²) in [5, 5.41) is 0. The van der Waals surface area contributed by atoms with E-state index in [1.54, 1.807) is 13.8 Å². The molecule has 0 saturated carbocycles. The molecule has 0 aromatic carbocycles. The SMILES string of the molecule is CCOCC(C(=O)CCl)C(=O)OCC. The standard InChI is InChI=1S/C9H15ClO4/c1-3-13-6-7(8(11)5-10)9(12)14-4-2/h7H,3-6H2,1-2H3. The average molecular weight is 223 g/mol. The topological polar surface area (TPSA) is 52.6 Å². The molecule has 0 aliphatic carbocycles. The number of hydrogen-bond acceptors (Lipinski definition) is 4. The van der Waals surface area contributed by atoms with Gasteiger partial charge in [0.2, 0.25) is 0 Å². The fourth-order valence-corrected chi connectivity index (χ4v) is 1.05. The molecule has 5 heteroatoms. The van der Waals surface area contributed by atoms with Gasteiger partial charge in [0, 0.05) is 6.61 Å². The fraction of sp³-hybridized carbons (Fsp3) is 0.778. The molecule has 0 fully saturated rings. The molecule has 0 amide bonds. The van der Waals surface area contributed by atoms with Gasteiger partial charge in [-0.2, -0.15) is 0 Å². The molecule has 1 atom stereocenters. The third-order valence-electron chi connectivity index (χ3n) is 1.58. The van der Waals surface area contributed by atoms with Crippen LogP contribution in [0.25, 0.3) is 0 Å². The summed E-state index contributed by atoms with van der Waals surface area (Å²) >= 11 is 5.36. The molecular formula is C9H15ClO4. The van der Waals surface area contributed by atoms with Crippen molar-refractivity contribution in [1.82, 2.24) is 0 Å². The Morgan fingerprint density at radius 2 is 1.93 bits per heavy atom. The second kappa shape index (κ2) is 7.76. The first kappa shape index (κ1) is 13.4. The molecular weight excluding hydrogens is 208 g/mol. The highest BCUT2D eigenvalue weighted by Gasteiger charge is 2.27. The lowest BCUT2D eigenvalue weighted by molar-refractivity contribution is -0.153. The molecule has 0 aromatic rings. The van der Waals surface area contributed by atoms with Crippen molar-refractivity contribution < 1.29 is 19.1 Å². The predicted molar refractivity (Wildman–Crippen MR) is 52.3 cm³/mol. The highest BCUT2D eigenvalue weighted by molar-refractivity contribution is 6.29. The molecule has 4 nitrogen and oxygen atoms in total. The van der Waals surface area contributed by atoms with Crippen molar-refractivity contribution in [2.75, 3.05) is 25.7 Å². The first-order valence-corrected chi connectivity index (χ1v) is 5.03. The molecule has 0 rings (SSSR count). The van der Waals surface area contributed by atoms with Crippen molar-refractivity contribution >= 4 is 23.4 Å². The van der Waals surface area contributed by atoms with Crippen LogP contribution in [0.15, 0.2) is 0 Å². The predicted octanol–water partition coefficient (Wildman–Crippen LogP) is 1.01. The number of carbonyl (C=O) groups excluding carboxylic acids is 2. The van der Waals surface area contributed by atoms with E-state index in [4.69, 9.17) is 21.1 Å². The lowest BCUT2D eigenvalue weighted by Crippen LogP contribution is -2.31. The van der Waals surface area contributed by atoms with Gasteiger partial charge in [-0.1, -0.05) is 0 Å². The van der Waals surface area contributed by atoms with Gasteiger partial charge in [0.15, 0.2) is 5.78 Å². The largest absolute Gasteiger partial charge is 0.465 e. The first-order chi connectivity index (χ1) is 6.67. The van der Waals surface area contributed by atoms with Crippen LogP contribution < -0.4 is 0 Å². The number of ether oxygens (including phenoxy) is 2. The molecule has 14 heavy (non-hydrogen) atoms. The van der Waals surface area contributed by atoms with Gasteiger partial charge < -0.3 is 9.47 Å². The Morgan fingerprint density at radius 1 is 1.29 bits per heavy atom. The Hall–Kier alpha value is -0.610. The quantitative estimate of drug-likeness (QED) is 0.367. The van der Waals surface area contributed by atoms with Gasteiger partial charge in [0.1, 0.15) is 5.92 Å². The smallest absolute Gasteiger partial charge is 0.318 e. The van der Waals surface area contributed by atoms with Gasteiger partial charge in [-0.05, 0) is 13.8 Å². The maximum absolute atomic E-state index is 11.3. The van der Waals surface area contributed by atoms with Gasteiger partial charge in [0.05, 0.1) is 19.1 Å². The average Bonchev–Trinajstić information content (AvgIpc) is 2.18. The maximum atomic E-state index is 11.3. The number of esters is 1. The molecule has 0 heterocycles. The summed E-state index contributed by atoms with van der Waals surface area (Å²) in [6.07, 6.45) is 0. The van der Waals surface area contributed by atoms with E-state index in [1.807, 2.05) is 0 Å². The number of alkyl halides is 1. The Balaban J connectivity index is 4.22. The van der Waals surface area contributed by atoms with Crippen LogP contribution in [0.1, 0.15) is 13.8 Å². The van der Waals surface area contributed by atoms with E-state index in [2.05, 4.69) is 0 Å². The fourth-order valence-electron chi connectivity index (χ4n) is 0.864. The van der Waals surface area contributed by atoms with E-state index in [0.717, 1.165) is 0 Å². The molecule has 0 aliphatic heterocycles. The molecule has 82 valence electrons. The first-order valence-electron chi connectivity index (χ1n) is 4.50. The monoisotopic (exact) mass is 222 g/mol. The molecule has 0 aliphatic rings. The molecule has 0 spiro atoms. The number of carbonyl (C=O) groups is 2. The van der Waals surface area contributed by atoms with Crippen LogP contribution in [0.2, 0.25) is 0 Å². The Labute approximate surface area is 88.5 Å². The van der Waals surface area contributed by atoms with Gasteiger partial charge in [-0.3, -0.25) is 9.59 Å². The van der Waals surface area contributed by atoms with Crippen LogP contribution >= 0.6 is 11.6 Å². The lowest BCUT2D eigenvalue weighted by Gasteiger charge is -2.12. The highest BCUT2D eigenvalue weighted by Crippen LogP contribution is 2.04. The summed E-state index contributed by atoms with van der Waals surface area (Å²) in [7, 11) is 0. The number of rotatable bonds is 7. The van der Waals surface area contributed by atoms with Crippen molar-refractivity contribution in [2.45, 2.75) is 13.8 Å². The summed E-state index contributed by atoms with van der Waals surface area (Å²) in [5.74, 6) is -2.01. The van der Waals surface area contributed by atoms with Crippen molar-refractivity contribution in [3.05, 3.63) is 0 Å². The minimum atomic E-state index is -0.882. The zero-order valence-electron chi connectivity index (χ0n) is 8.42.